The zero-order valence-electron chi connectivity index (χ0n) is 11.8. The number of fused-ring (bicyclic) bond motifs is 1. The first-order chi connectivity index (χ1) is 9.16. The largest absolute Gasteiger partial charge is 0.369 e. The van der Waals surface area contributed by atoms with Crippen LogP contribution in [0.4, 0.5) is 0 Å². The van der Waals surface area contributed by atoms with E-state index in [9.17, 15) is 0 Å². The van der Waals surface area contributed by atoms with E-state index < -0.39 is 0 Å². The molecule has 1 N–H and O–H groups in total. The number of nitrogens with one attached hydrogen (secondary N) is 1. The molecule has 0 amide bonds. The number of imidazole rings is 1. The van der Waals surface area contributed by atoms with Gasteiger partial charge in [-0.25, -0.2) is 4.98 Å². The van der Waals surface area contributed by atoms with Gasteiger partial charge in [-0.2, -0.15) is 0 Å². The third-order valence-corrected chi connectivity index (χ3v) is 4.15. The minimum Gasteiger partial charge on any atom is -0.369 e. The van der Waals surface area contributed by atoms with Gasteiger partial charge in [0.25, 0.3) is 0 Å². The summed E-state index contributed by atoms with van der Waals surface area (Å²) < 4.78 is 8.18. The number of para-hydroxylation sites is 2. The smallest absolute Gasteiger partial charge is 0.140 e. The van der Waals surface area contributed by atoms with Crippen LogP contribution in [0.5, 0.6) is 0 Å². The van der Waals surface area contributed by atoms with Crippen molar-refractivity contribution in [1.82, 2.24) is 14.9 Å². The minimum atomic E-state index is 0.0322. The quantitative estimate of drug-likeness (QED) is 0.854. The molecule has 1 aromatic carbocycles. The van der Waals surface area contributed by atoms with Crippen LogP contribution < -0.4 is 5.32 Å². The van der Waals surface area contributed by atoms with Gasteiger partial charge in [-0.15, -0.1) is 0 Å². The van der Waals surface area contributed by atoms with Crippen molar-refractivity contribution in [3.63, 3.8) is 0 Å². The number of aromatic nitrogens is 2. The number of hydrogen-bond acceptors (Lipinski definition) is 3. The standard InChI is InChI=1S/C15H21N3O/c1-10-9-19-14(8-16-11(10)2)15-17-12-6-4-5-7-13(12)18(15)3/h4-7,10-11,14,16H,8-9H2,1-3H3. The van der Waals surface area contributed by atoms with Gasteiger partial charge in [0.1, 0.15) is 11.9 Å². The van der Waals surface area contributed by atoms with Crippen LogP contribution in [0.3, 0.4) is 0 Å². The van der Waals surface area contributed by atoms with Gasteiger partial charge in [0, 0.05) is 19.6 Å². The summed E-state index contributed by atoms with van der Waals surface area (Å²) in [5, 5.41) is 3.54. The number of benzene rings is 1. The van der Waals surface area contributed by atoms with E-state index in [1.165, 1.54) is 0 Å². The molecule has 0 bridgehead atoms. The van der Waals surface area contributed by atoms with E-state index in [4.69, 9.17) is 9.72 Å². The topological polar surface area (TPSA) is 39.1 Å². The number of hydrogen-bond donors (Lipinski definition) is 1. The monoisotopic (exact) mass is 259 g/mol. The Labute approximate surface area is 113 Å². The molecule has 2 aromatic rings. The Balaban J connectivity index is 1.93. The Morgan fingerprint density at radius 2 is 2.11 bits per heavy atom. The zero-order valence-corrected chi connectivity index (χ0v) is 11.8. The van der Waals surface area contributed by atoms with Crippen molar-refractivity contribution in [3.8, 4) is 0 Å². The highest BCUT2D eigenvalue weighted by molar-refractivity contribution is 5.75. The number of ether oxygens (including phenoxy) is 1. The third kappa shape index (κ3) is 2.26. The molecule has 4 heteroatoms. The predicted molar refractivity (Wildman–Crippen MR) is 76.0 cm³/mol. The number of aryl methyl sites for hydroxylation is 1. The Morgan fingerprint density at radius 3 is 2.89 bits per heavy atom. The van der Waals surface area contributed by atoms with Crippen molar-refractivity contribution in [1.29, 1.82) is 0 Å². The molecular weight excluding hydrogens is 238 g/mol. The molecule has 1 saturated heterocycles. The van der Waals surface area contributed by atoms with E-state index in [1.807, 2.05) is 18.2 Å². The second-order valence-corrected chi connectivity index (χ2v) is 5.51. The highest BCUT2D eigenvalue weighted by Crippen LogP contribution is 2.24. The number of nitrogens with zero attached hydrogens (tertiary/aromatic N) is 2. The Morgan fingerprint density at radius 1 is 1.32 bits per heavy atom. The lowest BCUT2D eigenvalue weighted by Crippen LogP contribution is -2.32. The highest BCUT2D eigenvalue weighted by atomic mass is 16.5. The molecule has 1 aromatic heterocycles. The summed E-state index contributed by atoms with van der Waals surface area (Å²) in [7, 11) is 2.06. The summed E-state index contributed by atoms with van der Waals surface area (Å²) in [4.78, 5) is 4.73. The molecule has 0 saturated carbocycles. The predicted octanol–water partition coefficient (Wildman–Crippen LogP) is 2.26. The van der Waals surface area contributed by atoms with Crippen LogP contribution in [0, 0.1) is 5.92 Å². The van der Waals surface area contributed by atoms with Crippen molar-refractivity contribution in [3.05, 3.63) is 30.1 Å². The Hall–Kier alpha value is -1.39. The van der Waals surface area contributed by atoms with Gasteiger partial charge in [-0.05, 0) is 25.0 Å². The molecule has 2 heterocycles. The molecule has 3 rings (SSSR count). The normalized spacial score (nSPS) is 28.5. The van der Waals surface area contributed by atoms with Gasteiger partial charge in [0.15, 0.2) is 0 Å². The van der Waals surface area contributed by atoms with Crippen molar-refractivity contribution < 1.29 is 4.74 Å². The fraction of sp³-hybridized carbons (Fsp3) is 0.533. The second kappa shape index (κ2) is 4.94. The maximum absolute atomic E-state index is 6.04. The van der Waals surface area contributed by atoms with E-state index >= 15 is 0 Å². The minimum absolute atomic E-state index is 0.0322. The molecule has 19 heavy (non-hydrogen) atoms. The molecule has 3 atom stereocenters. The van der Waals surface area contributed by atoms with E-state index in [0.717, 1.165) is 30.0 Å². The molecule has 102 valence electrons. The lowest BCUT2D eigenvalue weighted by atomic mass is 10.1. The molecule has 4 nitrogen and oxygen atoms in total. The van der Waals surface area contributed by atoms with Gasteiger partial charge in [0.05, 0.1) is 17.6 Å². The maximum atomic E-state index is 6.04. The molecule has 1 fully saturated rings. The molecule has 3 unspecified atom stereocenters. The van der Waals surface area contributed by atoms with Crippen molar-refractivity contribution in [2.75, 3.05) is 13.2 Å². The maximum Gasteiger partial charge on any atom is 0.140 e. The van der Waals surface area contributed by atoms with Crippen molar-refractivity contribution >= 4 is 11.0 Å². The van der Waals surface area contributed by atoms with E-state index in [-0.39, 0.29) is 6.10 Å². The van der Waals surface area contributed by atoms with Gasteiger partial charge >= 0.3 is 0 Å². The summed E-state index contributed by atoms with van der Waals surface area (Å²) in [6.45, 7) is 6.03. The summed E-state index contributed by atoms with van der Waals surface area (Å²) in [5.74, 6) is 1.54. The van der Waals surface area contributed by atoms with Gasteiger partial charge in [-0.1, -0.05) is 19.1 Å². The van der Waals surface area contributed by atoms with Crippen LogP contribution in [-0.2, 0) is 11.8 Å². The Kier molecular flexibility index (Phi) is 3.29. The molecular formula is C15H21N3O. The zero-order chi connectivity index (χ0) is 13.4. The van der Waals surface area contributed by atoms with Crippen LogP contribution in [0.1, 0.15) is 25.8 Å². The van der Waals surface area contributed by atoms with Crippen LogP contribution in [0.25, 0.3) is 11.0 Å². The average molecular weight is 259 g/mol. The van der Waals surface area contributed by atoms with Gasteiger partial charge in [0.2, 0.25) is 0 Å². The second-order valence-electron chi connectivity index (χ2n) is 5.51. The van der Waals surface area contributed by atoms with Crippen molar-refractivity contribution in [2.45, 2.75) is 26.0 Å². The first kappa shape index (κ1) is 12.6. The molecule has 1 aliphatic rings. The molecule has 1 aliphatic heterocycles. The van der Waals surface area contributed by atoms with Crippen molar-refractivity contribution in [2.24, 2.45) is 13.0 Å². The summed E-state index contributed by atoms with van der Waals surface area (Å²) in [6.07, 6.45) is 0.0322. The van der Waals surface area contributed by atoms with E-state index in [1.54, 1.807) is 0 Å². The number of rotatable bonds is 1. The molecule has 0 radical (unpaired) electrons. The molecule has 0 spiro atoms. The van der Waals surface area contributed by atoms with Crippen LogP contribution in [0.2, 0.25) is 0 Å². The van der Waals surface area contributed by atoms with Gasteiger partial charge < -0.3 is 14.6 Å². The Bertz CT molecular complexity index is 566. The highest BCUT2D eigenvalue weighted by Gasteiger charge is 2.25. The van der Waals surface area contributed by atoms with Crippen LogP contribution >= 0.6 is 0 Å². The first-order valence-electron chi connectivity index (χ1n) is 6.93. The lowest BCUT2D eigenvalue weighted by molar-refractivity contribution is 0.0428. The van der Waals surface area contributed by atoms with Crippen LogP contribution in [0.15, 0.2) is 24.3 Å². The van der Waals surface area contributed by atoms with E-state index in [0.29, 0.717) is 12.0 Å². The summed E-state index contributed by atoms with van der Waals surface area (Å²) >= 11 is 0. The fourth-order valence-electron chi connectivity index (χ4n) is 2.58. The molecule has 0 aliphatic carbocycles. The first-order valence-corrected chi connectivity index (χ1v) is 6.93. The summed E-state index contributed by atoms with van der Waals surface area (Å²) in [6, 6.07) is 8.70. The fourth-order valence-corrected chi connectivity index (χ4v) is 2.58. The average Bonchev–Trinajstić information content (AvgIpc) is 2.66. The lowest BCUT2D eigenvalue weighted by Gasteiger charge is -2.15. The van der Waals surface area contributed by atoms with Crippen LogP contribution in [-0.4, -0.2) is 28.7 Å². The SMILES string of the molecule is CC1COC(c2nc3ccccc3n2C)CNC1C. The summed E-state index contributed by atoms with van der Waals surface area (Å²) in [5.41, 5.74) is 2.19. The third-order valence-electron chi connectivity index (χ3n) is 4.15. The van der Waals surface area contributed by atoms with E-state index in [2.05, 4.69) is 36.8 Å². The van der Waals surface area contributed by atoms with Gasteiger partial charge in [-0.3, -0.25) is 0 Å².